The van der Waals surface area contributed by atoms with Gasteiger partial charge in [-0.15, -0.1) is 0 Å². The lowest BCUT2D eigenvalue weighted by atomic mass is 9.92. The monoisotopic (exact) mass is 289 g/mol. The van der Waals surface area contributed by atoms with E-state index in [0.29, 0.717) is 17.2 Å². The van der Waals surface area contributed by atoms with Crippen molar-refractivity contribution in [1.82, 2.24) is 10.6 Å². The molecule has 2 atom stereocenters. The van der Waals surface area contributed by atoms with Crippen LogP contribution in [0, 0.1) is 12.8 Å². The molecular formula is C16H23N3O2. The average molecular weight is 289 g/mol. The van der Waals surface area contributed by atoms with E-state index >= 15 is 0 Å². The highest BCUT2D eigenvalue weighted by Crippen LogP contribution is 2.21. The number of piperidine rings is 1. The molecule has 0 spiro atoms. The van der Waals surface area contributed by atoms with Crippen molar-refractivity contribution in [3.63, 3.8) is 0 Å². The Morgan fingerprint density at radius 3 is 2.76 bits per heavy atom. The third-order valence-electron chi connectivity index (χ3n) is 4.12. The van der Waals surface area contributed by atoms with E-state index in [1.807, 2.05) is 13.0 Å². The van der Waals surface area contributed by atoms with E-state index in [-0.39, 0.29) is 17.9 Å². The average Bonchev–Trinajstić information content (AvgIpc) is 2.49. The zero-order chi connectivity index (χ0) is 15.4. The molecule has 0 aliphatic carbocycles. The minimum Gasteiger partial charge on any atom is -0.355 e. The second-order valence-corrected chi connectivity index (χ2v) is 5.60. The molecule has 21 heavy (non-hydrogen) atoms. The summed E-state index contributed by atoms with van der Waals surface area (Å²) in [5.41, 5.74) is 2.06. The van der Waals surface area contributed by atoms with E-state index in [0.717, 1.165) is 24.9 Å². The molecule has 114 valence electrons. The number of nitrogens with one attached hydrogen (secondary N) is 3. The molecule has 1 aliphatic rings. The molecule has 1 aromatic rings. The lowest BCUT2D eigenvalue weighted by Gasteiger charge is -2.29. The van der Waals surface area contributed by atoms with Gasteiger partial charge in [0.25, 0.3) is 5.91 Å². The van der Waals surface area contributed by atoms with Gasteiger partial charge in [0.15, 0.2) is 0 Å². The van der Waals surface area contributed by atoms with Gasteiger partial charge in [-0.3, -0.25) is 9.59 Å². The maximum absolute atomic E-state index is 12.4. The largest absolute Gasteiger partial charge is 0.355 e. The smallest absolute Gasteiger partial charge is 0.251 e. The van der Waals surface area contributed by atoms with Gasteiger partial charge in [-0.2, -0.15) is 0 Å². The number of carbonyl (C=O) groups excluding carboxylic acids is 2. The van der Waals surface area contributed by atoms with Crippen molar-refractivity contribution >= 4 is 17.5 Å². The van der Waals surface area contributed by atoms with Gasteiger partial charge in [0.2, 0.25) is 5.91 Å². The quantitative estimate of drug-likeness (QED) is 0.793. The number of anilines is 1. The second-order valence-electron chi connectivity index (χ2n) is 5.60. The van der Waals surface area contributed by atoms with Crippen LogP contribution in [-0.4, -0.2) is 31.4 Å². The SMILES string of the molecule is CNC(=O)c1cccc(NC(=O)C2NCCCC2C)c1C. The normalized spacial score (nSPS) is 21.7. The first-order valence-corrected chi connectivity index (χ1v) is 7.40. The summed E-state index contributed by atoms with van der Waals surface area (Å²) in [6.45, 7) is 4.81. The van der Waals surface area contributed by atoms with Crippen LogP contribution in [0.1, 0.15) is 35.7 Å². The van der Waals surface area contributed by atoms with Crippen LogP contribution >= 0.6 is 0 Å². The standard InChI is InChI=1S/C16H23N3O2/c1-10-6-5-9-18-14(10)16(21)19-13-8-4-7-12(11(13)2)15(20)17-3/h4,7-8,10,14,18H,5-6,9H2,1-3H3,(H,17,20)(H,19,21). The van der Waals surface area contributed by atoms with Gasteiger partial charge < -0.3 is 16.0 Å². The van der Waals surface area contributed by atoms with Crippen LogP contribution in [0.2, 0.25) is 0 Å². The van der Waals surface area contributed by atoms with Gasteiger partial charge in [-0.05, 0) is 49.9 Å². The van der Waals surface area contributed by atoms with E-state index in [9.17, 15) is 9.59 Å². The van der Waals surface area contributed by atoms with Crippen molar-refractivity contribution in [3.05, 3.63) is 29.3 Å². The van der Waals surface area contributed by atoms with E-state index in [1.165, 1.54) is 0 Å². The third kappa shape index (κ3) is 3.42. The molecule has 0 aromatic heterocycles. The Bertz CT molecular complexity index is 542. The molecule has 0 bridgehead atoms. The van der Waals surface area contributed by atoms with Crippen LogP contribution in [0.25, 0.3) is 0 Å². The van der Waals surface area contributed by atoms with Gasteiger partial charge in [0.1, 0.15) is 0 Å². The molecule has 1 fully saturated rings. The topological polar surface area (TPSA) is 70.2 Å². The lowest BCUT2D eigenvalue weighted by molar-refractivity contribution is -0.119. The fourth-order valence-electron chi connectivity index (χ4n) is 2.76. The number of hydrogen-bond donors (Lipinski definition) is 3. The van der Waals surface area contributed by atoms with Gasteiger partial charge >= 0.3 is 0 Å². The van der Waals surface area contributed by atoms with E-state index < -0.39 is 0 Å². The van der Waals surface area contributed by atoms with Gasteiger partial charge in [-0.1, -0.05) is 13.0 Å². The number of carbonyl (C=O) groups is 2. The van der Waals surface area contributed by atoms with Crippen molar-refractivity contribution in [3.8, 4) is 0 Å². The van der Waals surface area contributed by atoms with Crippen molar-refractivity contribution < 1.29 is 9.59 Å². The Labute approximate surface area is 125 Å². The predicted molar refractivity (Wildman–Crippen MR) is 83.4 cm³/mol. The summed E-state index contributed by atoms with van der Waals surface area (Å²) >= 11 is 0. The first-order valence-electron chi connectivity index (χ1n) is 7.40. The Balaban J connectivity index is 2.16. The zero-order valence-corrected chi connectivity index (χ0v) is 12.8. The summed E-state index contributed by atoms with van der Waals surface area (Å²) in [7, 11) is 1.60. The Morgan fingerprint density at radius 2 is 2.10 bits per heavy atom. The summed E-state index contributed by atoms with van der Waals surface area (Å²) in [5.74, 6) is 0.147. The summed E-state index contributed by atoms with van der Waals surface area (Å²) in [6.07, 6.45) is 2.17. The second kappa shape index (κ2) is 6.72. The summed E-state index contributed by atoms with van der Waals surface area (Å²) in [6, 6.07) is 5.20. The summed E-state index contributed by atoms with van der Waals surface area (Å²) in [5, 5.41) is 8.82. The lowest BCUT2D eigenvalue weighted by Crippen LogP contribution is -2.48. The molecular weight excluding hydrogens is 266 g/mol. The number of amides is 2. The Kier molecular flexibility index (Phi) is 4.96. The summed E-state index contributed by atoms with van der Waals surface area (Å²) in [4.78, 5) is 24.2. The minimum absolute atomic E-state index is 0.0284. The number of hydrogen-bond acceptors (Lipinski definition) is 3. The first-order chi connectivity index (χ1) is 10.0. The van der Waals surface area contributed by atoms with Crippen molar-refractivity contribution in [2.45, 2.75) is 32.7 Å². The van der Waals surface area contributed by atoms with Crippen LogP contribution in [0.15, 0.2) is 18.2 Å². The highest BCUT2D eigenvalue weighted by Gasteiger charge is 2.27. The molecule has 2 unspecified atom stereocenters. The molecule has 2 rings (SSSR count). The highest BCUT2D eigenvalue weighted by atomic mass is 16.2. The minimum atomic E-state index is -0.165. The van der Waals surface area contributed by atoms with Crippen molar-refractivity contribution in [2.75, 3.05) is 18.9 Å². The molecule has 2 amide bonds. The van der Waals surface area contributed by atoms with Gasteiger partial charge in [0, 0.05) is 18.3 Å². The van der Waals surface area contributed by atoms with Crippen molar-refractivity contribution in [1.29, 1.82) is 0 Å². The first kappa shape index (κ1) is 15.5. The molecule has 1 saturated heterocycles. The van der Waals surface area contributed by atoms with Crippen LogP contribution in [0.3, 0.4) is 0 Å². The third-order valence-corrected chi connectivity index (χ3v) is 4.12. The molecule has 0 radical (unpaired) electrons. The number of rotatable bonds is 3. The van der Waals surface area contributed by atoms with Crippen molar-refractivity contribution in [2.24, 2.45) is 5.92 Å². The molecule has 3 N–H and O–H groups in total. The van der Waals surface area contributed by atoms with Crippen LogP contribution in [0.4, 0.5) is 5.69 Å². The molecule has 5 nitrogen and oxygen atoms in total. The Morgan fingerprint density at radius 1 is 1.33 bits per heavy atom. The fourth-order valence-corrected chi connectivity index (χ4v) is 2.76. The zero-order valence-electron chi connectivity index (χ0n) is 12.8. The molecule has 0 saturated carbocycles. The predicted octanol–water partition coefficient (Wildman–Crippen LogP) is 1.68. The van der Waals surface area contributed by atoms with Crippen LogP contribution in [-0.2, 0) is 4.79 Å². The van der Waals surface area contributed by atoms with Gasteiger partial charge in [0.05, 0.1) is 6.04 Å². The fraction of sp³-hybridized carbons (Fsp3) is 0.500. The van der Waals surface area contributed by atoms with E-state index in [4.69, 9.17) is 0 Å². The summed E-state index contributed by atoms with van der Waals surface area (Å²) < 4.78 is 0. The maximum atomic E-state index is 12.4. The Hall–Kier alpha value is -1.88. The van der Waals surface area contributed by atoms with E-state index in [1.54, 1.807) is 19.2 Å². The maximum Gasteiger partial charge on any atom is 0.251 e. The number of benzene rings is 1. The molecule has 1 heterocycles. The molecule has 1 aliphatic heterocycles. The van der Waals surface area contributed by atoms with Crippen LogP contribution < -0.4 is 16.0 Å². The molecule has 5 heteroatoms. The highest BCUT2D eigenvalue weighted by molar-refractivity contribution is 6.00. The van der Waals surface area contributed by atoms with E-state index in [2.05, 4.69) is 22.9 Å². The van der Waals surface area contributed by atoms with Crippen LogP contribution in [0.5, 0.6) is 0 Å². The molecule has 1 aromatic carbocycles. The van der Waals surface area contributed by atoms with Gasteiger partial charge in [-0.25, -0.2) is 0 Å².